The van der Waals surface area contributed by atoms with Crippen molar-refractivity contribution >= 4 is 20.9 Å². The van der Waals surface area contributed by atoms with Gasteiger partial charge in [-0.2, -0.15) is 0 Å². The molecule has 0 N–H and O–H groups in total. The Morgan fingerprint density at radius 3 is 1.76 bits per heavy atom. The number of aldehydes is 2. The summed E-state index contributed by atoms with van der Waals surface area (Å²) in [5.41, 5.74) is 0. The summed E-state index contributed by atoms with van der Waals surface area (Å²) in [7, 11) is -1.80. The zero-order valence-electron chi connectivity index (χ0n) is 11.8. The standard InChI is InChI=1S/C13H26O3Si/c1-13(2,3)17(4,5)16-12(8-6-10-14)9-7-11-15/h10-12H,6-9H2,1-5H3. The first-order chi connectivity index (χ1) is 7.74. The van der Waals surface area contributed by atoms with E-state index in [-0.39, 0.29) is 11.1 Å². The Balaban J connectivity index is 4.49. The predicted octanol–water partition coefficient (Wildman–Crippen LogP) is 3.34. The van der Waals surface area contributed by atoms with Crippen molar-refractivity contribution in [3.05, 3.63) is 0 Å². The monoisotopic (exact) mass is 258 g/mol. The fraction of sp³-hybridized carbons (Fsp3) is 0.846. The topological polar surface area (TPSA) is 43.4 Å². The molecule has 0 aliphatic heterocycles. The first-order valence-electron chi connectivity index (χ1n) is 6.29. The smallest absolute Gasteiger partial charge is 0.192 e. The van der Waals surface area contributed by atoms with Crippen LogP contribution in [0.5, 0.6) is 0 Å². The number of hydrogen-bond donors (Lipinski definition) is 0. The summed E-state index contributed by atoms with van der Waals surface area (Å²) < 4.78 is 6.23. The van der Waals surface area contributed by atoms with Crippen molar-refractivity contribution in [2.75, 3.05) is 0 Å². The van der Waals surface area contributed by atoms with Gasteiger partial charge in [0.15, 0.2) is 8.32 Å². The van der Waals surface area contributed by atoms with E-state index in [0.717, 1.165) is 25.4 Å². The van der Waals surface area contributed by atoms with Gasteiger partial charge >= 0.3 is 0 Å². The van der Waals surface area contributed by atoms with Gasteiger partial charge in [0.25, 0.3) is 0 Å². The van der Waals surface area contributed by atoms with Crippen LogP contribution in [0.3, 0.4) is 0 Å². The summed E-state index contributed by atoms with van der Waals surface area (Å²) in [5.74, 6) is 0. The molecule has 0 unspecified atom stereocenters. The van der Waals surface area contributed by atoms with E-state index in [2.05, 4.69) is 33.9 Å². The second-order valence-electron chi connectivity index (χ2n) is 5.99. The van der Waals surface area contributed by atoms with Gasteiger partial charge in [-0.25, -0.2) is 0 Å². The van der Waals surface area contributed by atoms with Gasteiger partial charge in [-0.1, -0.05) is 20.8 Å². The fourth-order valence-corrected chi connectivity index (χ4v) is 2.79. The molecular formula is C13H26O3Si. The van der Waals surface area contributed by atoms with Crippen molar-refractivity contribution in [1.82, 2.24) is 0 Å². The average Bonchev–Trinajstić information content (AvgIpc) is 2.20. The fourth-order valence-electron chi connectivity index (χ4n) is 1.36. The van der Waals surface area contributed by atoms with E-state index in [1.165, 1.54) is 0 Å². The van der Waals surface area contributed by atoms with Crippen molar-refractivity contribution in [2.45, 2.75) is 70.7 Å². The lowest BCUT2D eigenvalue weighted by molar-refractivity contribution is -0.108. The molecule has 3 nitrogen and oxygen atoms in total. The molecular weight excluding hydrogens is 232 g/mol. The largest absolute Gasteiger partial charge is 0.414 e. The Kier molecular flexibility index (Phi) is 6.86. The Morgan fingerprint density at radius 2 is 1.47 bits per heavy atom. The van der Waals surface area contributed by atoms with E-state index < -0.39 is 8.32 Å². The van der Waals surface area contributed by atoms with E-state index in [9.17, 15) is 9.59 Å². The average molecular weight is 258 g/mol. The first-order valence-corrected chi connectivity index (χ1v) is 9.20. The quantitative estimate of drug-likeness (QED) is 0.495. The van der Waals surface area contributed by atoms with E-state index in [1.54, 1.807) is 0 Å². The van der Waals surface area contributed by atoms with Gasteiger partial charge in [0.05, 0.1) is 0 Å². The highest BCUT2D eigenvalue weighted by Crippen LogP contribution is 2.38. The molecule has 17 heavy (non-hydrogen) atoms. The lowest BCUT2D eigenvalue weighted by atomic mass is 10.1. The molecule has 100 valence electrons. The zero-order valence-corrected chi connectivity index (χ0v) is 12.8. The molecule has 0 saturated carbocycles. The molecule has 0 rings (SSSR count). The van der Waals surface area contributed by atoms with Crippen molar-refractivity contribution in [2.24, 2.45) is 0 Å². The third-order valence-corrected chi connectivity index (χ3v) is 8.02. The summed E-state index contributed by atoms with van der Waals surface area (Å²) in [4.78, 5) is 20.9. The van der Waals surface area contributed by atoms with Crippen molar-refractivity contribution < 1.29 is 14.0 Å². The molecule has 0 aromatic carbocycles. The summed E-state index contributed by atoms with van der Waals surface area (Å²) in [6.07, 6.45) is 4.36. The van der Waals surface area contributed by atoms with Crippen LogP contribution in [-0.4, -0.2) is 27.0 Å². The Morgan fingerprint density at radius 1 is 1.06 bits per heavy atom. The van der Waals surface area contributed by atoms with Crippen molar-refractivity contribution in [3.8, 4) is 0 Å². The number of carbonyl (C=O) groups is 2. The van der Waals surface area contributed by atoms with E-state index in [4.69, 9.17) is 4.43 Å². The molecule has 0 spiro atoms. The highest BCUT2D eigenvalue weighted by atomic mass is 28.4. The molecule has 0 aliphatic rings. The van der Waals surface area contributed by atoms with Crippen molar-refractivity contribution in [3.63, 3.8) is 0 Å². The first kappa shape index (κ1) is 16.5. The number of carbonyl (C=O) groups excluding carboxylic acids is 2. The maximum Gasteiger partial charge on any atom is 0.192 e. The third-order valence-electron chi connectivity index (χ3n) is 3.48. The van der Waals surface area contributed by atoms with Crippen LogP contribution in [0.4, 0.5) is 0 Å². The molecule has 0 bridgehead atoms. The molecule has 0 aliphatic carbocycles. The lowest BCUT2D eigenvalue weighted by Gasteiger charge is -2.39. The minimum absolute atomic E-state index is 0.0475. The molecule has 0 saturated heterocycles. The Hall–Kier alpha value is -0.483. The molecule has 0 radical (unpaired) electrons. The summed E-state index contributed by atoms with van der Waals surface area (Å²) >= 11 is 0. The summed E-state index contributed by atoms with van der Waals surface area (Å²) in [5, 5.41) is 0.160. The summed E-state index contributed by atoms with van der Waals surface area (Å²) in [6.45, 7) is 11.0. The van der Waals surface area contributed by atoms with Crippen LogP contribution in [0.2, 0.25) is 18.1 Å². The number of rotatable bonds is 8. The van der Waals surface area contributed by atoms with Crippen LogP contribution in [0.25, 0.3) is 0 Å². The number of hydrogen-bond acceptors (Lipinski definition) is 3. The minimum atomic E-state index is -1.80. The highest BCUT2D eigenvalue weighted by Gasteiger charge is 2.38. The van der Waals surface area contributed by atoms with Gasteiger partial charge in [-0.15, -0.1) is 0 Å². The van der Waals surface area contributed by atoms with Crippen LogP contribution in [0.15, 0.2) is 0 Å². The molecule has 4 heteroatoms. The van der Waals surface area contributed by atoms with Gasteiger partial charge in [0.2, 0.25) is 0 Å². The van der Waals surface area contributed by atoms with Gasteiger partial charge < -0.3 is 14.0 Å². The van der Waals surface area contributed by atoms with Crippen LogP contribution in [0, 0.1) is 0 Å². The van der Waals surface area contributed by atoms with Crippen LogP contribution < -0.4 is 0 Å². The normalized spacial score (nSPS) is 12.8. The summed E-state index contributed by atoms with van der Waals surface area (Å²) in [6, 6.07) is 0. The van der Waals surface area contributed by atoms with E-state index in [1.807, 2.05) is 0 Å². The predicted molar refractivity (Wildman–Crippen MR) is 72.7 cm³/mol. The maximum absolute atomic E-state index is 10.4. The molecule has 0 amide bonds. The van der Waals surface area contributed by atoms with Gasteiger partial charge in [0, 0.05) is 18.9 Å². The van der Waals surface area contributed by atoms with E-state index in [0.29, 0.717) is 12.8 Å². The Labute approximate surface area is 106 Å². The highest BCUT2D eigenvalue weighted by molar-refractivity contribution is 6.74. The second-order valence-corrected chi connectivity index (χ2v) is 10.7. The molecule has 0 heterocycles. The van der Waals surface area contributed by atoms with Crippen LogP contribution in [-0.2, 0) is 14.0 Å². The molecule has 0 aromatic rings. The Bertz CT molecular complexity index is 232. The minimum Gasteiger partial charge on any atom is -0.414 e. The molecule has 0 atom stereocenters. The second kappa shape index (κ2) is 7.06. The van der Waals surface area contributed by atoms with Crippen molar-refractivity contribution in [1.29, 1.82) is 0 Å². The SMILES string of the molecule is CC(C)(C)[Si](C)(C)OC(CCC=O)CCC=O. The van der Waals surface area contributed by atoms with Gasteiger partial charge in [-0.3, -0.25) is 0 Å². The maximum atomic E-state index is 10.4. The van der Waals surface area contributed by atoms with Crippen LogP contribution >= 0.6 is 0 Å². The van der Waals surface area contributed by atoms with Gasteiger partial charge in [-0.05, 0) is 31.0 Å². The van der Waals surface area contributed by atoms with Crippen LogP contribution in [0.1, 0.15) is 46.5 Å². The molecule has 0 aromatic heterocycles. The zero-order chi connectivity index (χ0) is 13.5. The molecule has 0 fully saturated rings. The third kappa shape index (κ3) is 6.12. The van der Waals surface area contributed by atoms with E-state index >= 15 is 0 Å². The van der Waals surface area contributed by atoms with Gasteiger partial charge in [0.1, 0.15) is 12.6 Å². The lowest BCUT2D eigenvalue weighted by Crippen LogP contribution is -2.44.